The number of carbonyl (C=O) groups excluding carboxylic acids is 1. The Labute approximate surface area is 194 Å². The van der Waals surface area contributed by atoms with E-state index in [1.165, 1.54) is 11.1 Å². The summed E-state index contributed by atoms with van der Waals surface area (Å²) in [5, 5.41) is 18.6. The normalized spacial score (nSPS) is 16.2. The van der Waals surface area contributed by atoms with Gasteiger partial charge < -0.3 is 19.7 Å². The van der Waals surface area contributed by atoms with Gasteiger partial charge in [0.05, 0.1) is 25.9 Å². The monoisotopic (exact) mass is 462 g/mol. The molecule has 1 atom stereocenters. The average Bonchev–Trinajstić information content (AvgIpc) is 2.83. The molecule has 174 valence electrons. The van der Waals surface area contributed by atoms with Crippen molar-refractivity contribution in [3.63, 3.8) is 0 Å². The molecule has 1 aliphatic rings. The van der Waals surface area contributed by atoms with Gasteiger partial charge in [0.2, 0.25) is 0 Å². The fraction of sp³-hybridized carbons (Fsp3) is 0.458. The van der Waals surface area contributed by atoms with Gasteiger partial charge in [0.25, 0.3) is 0 Å². The van der Waals surface area contributed by atoms with E-state index in [2.05, 4.69) is 46.2 Å². The smallest absolute Gasteiger partial charge is 0.332 e. The quantitative estimate of drug-likeness (QED) is 0.390. The molecule has 1 aliphatic heterocycles. The van der Waals surface area contributed by atoms with Crippen molar-refractivity contribution in [3.05, 3.63) is 70.7 Å². The van der Waals surface area contributed by atoms with Crippen molar-refractivity contribution < 1.29 is 24.5 Å². The van der Waals surface area contributed by atoms with Crippen LogP contribution in [0.3, 0.4) is 0 Å². The van der Waals surface area contributed by atoms with Crippen molar-refractivity contribution in [1.29, 1.82) is 0 Å². The summed E-state index contributed by atoms with van der Waals surface area (Å²) < 4.78 is 10.3. The standard InChI is InChI=1S/C24H31ClN2O5/c25-21-8-6-20(7-9-21)24(19-4-2-1-3-5-19)27-12-10-26(11-13-27)14-15-31-18-23(30)32-22(16-28)17-29/h1-9,22,24,28-29H,10-18H2. The number of aliphatic hydroxyl groups is 2. The molecule has 0 spiro atoms. The third-order valence-corrected chi connectivity index (χ3v) is 5.80. The van der Waals surface area contributed by atoms with Crippen LogP contribution < -0.4 is 0 Å². The molecule has 2 aromatic carbocycles. The second-order valence-electron chi connectivity index (χ2n) is 7.77. The molecule has 0 aromatic heterocycles. The third kappa shape index (κ3) is 7.27. The number of hydrogen-bond acceptors (Lipinski definition) is 7. The van der Waals surface area contributed by atoms with Crippen LogP contribution in [-0.2, 0) is 14.3 Å². The van der Waals surface area contributed by atoms with E-state index in [0.29, 0.717) is 6.61 Å². The van der Waals surface area contributed by atoms with Crippen LogP contribution in [0.2, 0.25) is 5.02 Å². The Morgan fingerprint density at radius 3 is 2.19 bits per heavy atom. The topological polar surface area (TPSA) is 82.5 Å². The van der Waals surface area contributed by atoms with E-state index in [4.69, 9.17) is 31.3 Å². The van der Waals surface area contributed by atoms with Crippen molar-refractivity contribution >= 4 is 17.6 Å². The van der Waals surface area contributed by atoms with Gasteiger partial charge in [0.1, 0.15) is 12.7 Å². The Kier molecular flexibility index (Phi) is 9.92. The van der Waals surface area contributed by atoms with Crippen molar-refractivity contribution in [3.8, 4) is 0 Å². The van der Waals surface area contributed by atoms with E-state index in [-0.39, 0.29) is 12.6 Å². The van der Waals surface area contributed by atoms with E-state index in [0.717, 1.165) is 37.7 Å². The number of carbonyl (C=O) groups is 1. The molecule has 0 aliphatic carbocycles. The summed E-state index contributed by atoms with van der Waals surface area (Å²) in [6.45, 7) is 3.77. The Morgan fingerprint density at radius 2 is 1.56 bits per heavy atom. The number of ether oxygens (including phenoxy) is 2. The first-order valence-electron chi connectivity index (χ1n) is 10.9. The number of hydrogen-bond donors (Lipinski definition) is 2. The number of piperazine rings is 1. The first kappa shape index (κ1) is 24.6. The molecule has 1 fully saturated rings. The molecule has 1 saturated heterocycles. The molecule has 8 heteroatoms. The van der Waals surface area contributed by atoms with E-state index in [1.54, 1.807) is 0 Å². The van der Waals surface area contributed by atoms with Crippen molar-refractivity contribution in [2.24, 2.45) is 0 Å². The minimum absolute atomic E-state index is 0.174. The lowest BCUT2D eigenvalue weighted by molar-refractivity contribution is -0.158. The van der Waals surface area contributed by atoms with Gasteiger partial charge in [-0.2, -0.15) is 0 Å². The van der Waals surface area contributed by atoms with Gasteiger partial charge >= 0.3 is 5.97 Å². The summed E-state index contributed by atoms with van der Waals surface area (Å²) >= 11 is 6.10. The van der Waals surface area contributed by atoms with Gasteiger partial charge in [-0.25, -0.2) is 4.79 Å². The fourth-order valence-electron chi connectivity index (χ4n) is 3.84. The SMILES string of the molecule is O=C(COCCN1CCN(C(c2ccccc2)c2ccc(Cl)cc2)CC1)OC(CO)CO. The summed E-state index contributed by atoms with van der Waals surface area (Å²) in [7, 11) is 0. The highest BCUT2D eigenvalue weighted by atomic mass is 35.5. The van der Waals surface area contributed by atoms with Crippen LogP contribution in [-0.4, -0.2) is 91.2 Å². The summed E-state index contributed by atoms with van der Waals surface area (Å²) in [6, 6.07) is 18.7. The van der Waals surface area contributed by atoms with E-state index in [1.807, 2.05) is 18.2 Å². The number of benzene rings is 2. The summed E-state index contributed by atoms with van der Waals surface area (Å²) in [6.07, 6.45) is -0.891. The maximum absolute atomic E-state index is 11.6. The van der Waals surface area contributed by atoms with Crippen molar-refractivity contribution in [1.82, 2.24) is 9.80 Å². The zero-order valence-corrected chi connectivity index (χ0v) is 18.9. The zero-order chi connectivity index (χ0) is 22.8. The van der Waals surface area contributed by atoms with Gasteiger partial charge in [-0.3, -0.25) is 9.80 Å². The number of halogens is 1. The molecule has 7 nitrogen and oxygen atoms in total. The lowest BCUT2D eigenvalue weighted by atomic mass is 9.96. The summed E-state index contributed by atoms with van der Waals surface area (Å²) in [5.74, 6) is -0.586. The van der Waals surface area contributed by atoms with E-state index in [9.17, 15) is 4.79 Å². The number of aliphatic hydroxyl groups excluding tert-OH is 2. The Bertz CT molecular complexity index is 809. The van der Waals surface area contributed by atoms with Gasteiger partial charge in [-0.15, -0.1) is 0 Å². The van der Waals surface area contributed by atoms with E-state index >= 15 is 0 Å². The Hall–Kier alpha value is -2.00. The second kappa shape index (κ2) is 12.9. The molecule has 3 rings (SSSR count). The molecule has 32 heavy (non-hydrogen) atoms. The molecule has 0 radical (unpaired) electrons. The highest BCUT2D eigenvalue weighted by Gasteiger charge is 2.26. The van der Waals surface area contributed by atoms with Crippen LogP contribution >= 0.6 is 11.6 Å². The molecule has 0 amide bonds. The molecular formula is C24H31ClN2O5. The summed E-state index contributed by atoms with van der Waals surface area (Å²) in [5.41, 5.74) is 2.48. The zero-order valence-electron chi connectivity index (χ0n) is 18.1. The minimum Gasteiger partial charge on any atom is -0.456 e. The molecule has 2 N–H and O–H groups in total. The van der Waals surface area contributed by atoms with Crippen LogP contribution in [0.5, 0.6) is 0 Å². The number of nitrogens with zero attached hydrogens (tertiary/aromatic N) is 2. The second-order valence-corrected chi connectivity index (χ2v) is 8.21. The molecule has 1 heterocycles. The number of esters is 1. The van der Waals surface area contributed by atoms with Crippen LogP contribution in [0.25, 0.3) is 0 Å². The van der Waals surface area contributed by atoms with Crippen molar-refractivity contribution in [2.75, 3.05) is 59.2 Å². The van der Waals surface area contributed by atoms with Gasteiger partial charge in [0.15, 0.2) is 0 Å². The fourth-order valence-corrected chi connectivity index (χ4v) is 3.97. The first-order chi connectivity index (χ1) is 15.6. The summed E-state index contributed by atoms with van der Waals surface area (Å²) in [4.78, 5) is 16.4. The largest absolute Gasteiger partial charge is 0.456 e. The minimum atomic E-state index is -0.891. The van der Waals surface area contributed by atoms with E-state index < -0.39 is 25.3 Å². The average molecular weight is 463 g/mol. The van der Waals surface area contributed by atoms with Gasteiger partial charge in [0, 0.05) is 37.7 Å². The number of rotatable bonds is 11. The van der Waals surface area contributed by atoms with Crippen molar-refractivity contribution in [2.45, 2.75) is 12.1 Å². The van der Waals surface area contributed by atoms with Crippen LogP contribution in [0.15, 0.2) is 54.6 Å². The lowest BCUT2D eigenvalue weighted by Crippen LogP contribution is -2.48. The Balaban J connectivity index is 1.48. The molecular weight excluding hydrogens is 432 g/mol. The van der Waals surface area contributed by atoms with Crippen LogP contribution in [0, 0.1) is 0 Å². The molecule has 0 bridgehead atoms. The van der Waals surface area contributed by atoms with Gasteiger partial charge in [-0.1, -0.05) is 54.1 Å². The highest BCUT2D eigenvalue weighted by molar-refractivity contribution is 6.30. The molecule has 1 unspecified atom stereocenters. The Morgan fingerprint density at radius 1 is 0.938 bits per heavy atom. The third-order valence-electron chi connectivity index (χ3n) is 5.55. The predicted molar refractivity (Wildman–Crippen MR) is 123 cm³/mol. The maximum atomic E-state index is 11.6. The predicted octanol–water partition coefficient (Wildman–Crippen LogP) is 1.96. The maximum Gasteiger partial charge on any atom is 0.332 e. The van der Waals surface area contributed by atoms with Gasteiger partial charge in [-0.05, 0) is 23.3 Å². The lowest BCUT2D eigenvalue weighted by Gasteiger charge is -2.39. The molecule has 2 aromatic rings. The molecule has 0 saturated carbocycles. The van der Waals surface area contributed by atoms with Crippen LogP contribution in [0.1, 0.15) is 17.2 Å². The van der Waals surface area contributed by atoms with Crippen LogP contribution in [0.4, 0.5) is 0 Å². The highest BCUT2D eigenvalue weighted by Crippen LogP contribution is 2.30. The first-order valence-corrected chi connectivity index (χ1v) is 11.2.